The largest absolute Gasteiger partial charge is 0.505 e. The summed E-state index contributed by atoms with van der Waals surface area (Å²) in [7, 11) is 0. The van der Waals surface area contributed by atoms with Crippen LogP contribution in [0.15, 0.2) is 35.1 Å². The highest BCUT2D eigenvalue weighted by molar-refractivity contribution is 6.01. The fourth-order valence-electron chi connectivity index (χ4n) is 7.05. The van der Waals surface area contributed by atoms with Crippen molar-refractivity contribution in [1.29, 1.82) is 0 Å². The molecule has 0 aromatic heterocycles. The molecule has 4 heteroatoms. The van der Waals surface area contributed by atoms with Crippen LogP contribution in [0.2, 0.25) is 0 Å². The average Bonchev–Trinajstić information content (AvgIpc) is 2.92. The normalized spacial score (nSPS) is 49.0. The number of aliphatic hydroxyl groups is 2. The maximum atomic E-state index is 11.9. The number of hydrogen-bond donors (Lipinski definition) is 2. The van der Waals surface area contributed by atoms with Gasteiger partial charge in [-0.25, -0.2) is 0 Å². The van der Waals surface area contributed by atoms with E-state index in [0.717, 1.165) is 30.4 Å². The van der Waals surface area contributed by atoms with Crippen LogP contribution in [0.3, 0.4) is 0 Å². The van der Waals surface area contributed by atoms with Crippen molar-refractivity contribution in [3.05, 3.63) is 35.1 Å². The van der Waals surface area contributed by atoms with Crippen LogP contribution in [-0.4, -0.2) is 28.4 Å². The molecule has 0 unspecified atom stereocenters. The first-order valence-corrected chi connectivity index (χ1v) is 9.73. The van der Waals surface area contributed by atoms with Gasteiger partial charge in [-0.05, 0) is 66.6 Å². The monoisotopic (exact) mass is 356 g/mol. The Morgan fingerprint density at radius 2 is 2.08 bits per heavy atom. The lowest BCUT2D eigenvalue weighted by Crippen LogP contribution is -2.56. The van der Waals surface area contributed by atoms with Crippen molar-refractivity contribution in [1.82, 2.24) is 0 Å². The van der Waals surface area contributed by atoms with E-state index >= 15 is 0 Å². The summed E-state index contributed by atoms with van der Waals surface area (Å²) >= 11 is 0. The Balaban J connectivity index is 1.80. The molecule has 2 N–H and O–H groups in total. The highest BCUT2D eigenvalue weighted by Crippen LogP contribution is 2.66. The summed E-state index contributed by atoms with van der Waals surface area (Å²) < 4.78 is 0. The third kappa shape index (κ3) is 2.17. The number of rotatable bonds is 1. The van der Waals surface area contributed by atoms with Gasteiger partial charge in [-0.3, -0.25) is 9.59 Å². The molecule has 0 spiro atoms. The van der Waals surface area contributed by atoms with E-state index in [1.165, 1.54) is 0 Å². The summed E-state index contributed by atoms with van der Waals surface area (Å²) in [5.41, 5.74) is 1.36. The number of fused-ring (bicyclic) bond motifs is 5. The van der Waals surface area contributed by atoms with Crippen molar-refractivity contribution in [2.24, 2.45) is 34.5 Å². The van der Waals surface area contributed by atoms with E-state index in [1.54, 1.807) is 12.2 Å². The van der Waals surface area contributed by atoms with E-state index in [-0.39, 0.29) is 34.2 Å². The van der Waals surface area contributed by atoms with Gasteiger partial charge in [0.25, 0.3) is 0 Å². The minimum absolute atomic E-state index is 0.0416. The van der Waals surface area contributed by atoms with Crippen molar-refractivity contribution in [3.63, 3.8) is 0 Å². The third-order valence-electron chi connectivity index (χ3n) is 8.02. The first-order valence-electron chi connectivity index (χ1n) is 9.73. The second-order valence-electron chi connectivity index (χ2n) is 9.26. The summed E-state index contributed by atoms with van der Waals surface area (Å²) in [5.74, 6) is 0.928. The van der Waals surface area contributed by atoms with Gasteiger partial charge in [0.15, 0.2) is 17.8 Å². The lowest BCUT2D eigenvalue weighted by atomic mass is 9.45. The molecule has 0 bridgehead atoms. The molecule has 26 heavy (non-hydrogen) atoms. The fraction of sp³-hybridized carbons (Fsp3) is 0.636. The molecule has 0 saturated heterocycles. The SMILES string of the molecule is C[C@H]1C[C@@H]2[C@H]([C@@H](O)C[C@]3(C)/C(=C(\O)C=O)CC[C@@H]23)[C@@]2(C)C=CC(=O)C=C12. The molecule has 0 radical (unpaired) electrons. The second-order valence-corrected chi connectivity index (χ2v) is 9.26. The molecule has 4 aliphatic rings. The predicted molar refractivity (Wildman–Crippen MR) is 98.3 cm³/mol. The zero-order valence-corrected chi connectivity index (χ0v) is 15.7. The number of carbonyl (C=O) groups is 2. The minimum atomic E-state index is -0.521. The van der Waals surface area contributed by atoms with Crippen LogP contribution < -0.4 is 0 Å². The van der Waals surface area contributed by atoms with Crippen LogP contribution >= 0.6 is 0 Å². The zero-order valence-electron chi connectivity index (χ0n) is 15.7. The number of carbonyl (C=O) groups excluding carboxylic acids is 2. The Morgan fingerprint density at radius 3 is 2.77 bits per heavy atom. The average molecular weight is 356 g/mol. The summed E-state index contributed by atoms with van der Waals surface area (Å²) in [4.78, 5) is 23.1. The molecule has 3 fully saturated rings. The molecule has 140 valence electrons. The predicted octanol–water partition coefficient (Wildman–Crippen LogP) is 3.52. The molecule has 0 amide bonds. The standard InChI is InChI=1S/C22H28O4/c1-12-8-14-15-4-5-16(19(26)11-23)22(15,3)10-18(25)20(14)21(2)7-6-13(24)9-17(12)21/h6-7,9,11-12,14-15,18,20,25-26H,4-5,8,10H2,1-3H3/b19-16-/t12-,14-,15-,18-,20+,21-,22-/m0/s1. The van der Waals surface area contributed by atoms with Crippen LogP contribution in [0.25, 0.3) is 0 Å². The second kappa shape index (κ2) is 5.66. The van der Waals surface area contributed by atoms with E-state index < -0.39 is 6.10 Å². The van der Waals surface area contributed by atoms with Gasteiger partial charge in [0, 0.05) is 11.3 Å². The molecular formula is C22H28O4. The molecule has 0 aromatic carbocycles. The first kappa shape index (κ1) is 17.7. The van der Waals surface area contributed by atoms with Gasteiger partial charge in [0.2, 0.25) is 0 Å². The zero-order chi connectivity index (χ0) is 18.9. The molecule has 0 aliphatic heterocycles. The summed E-state index contributed by atoms with van der Waals surface area (Å²) in [6.07, 6.45) is 8.64. The Hall–Kier alpha value is -1.68. The van der Waals surface area contributed by atoms with Crippen LogP contribution in [-0.2, 0) is 9.59 Å². The van der Waals surface area contributed by atoms with E-state index in [9.17, 15) is 19.8 Å². The Kier molecular flexibility index (Phi) is 3.85. The van der Waals surface area contributed by atoms with Gasteiger partial charge < -0.3 is 10.2 Å². The third-order valence-corrected chi connectivity index (χ3v) is 8.02. The lowest BCUT2D eigenvalue weighted by molar-refractivity contribution is -0.114. The van der Waals surface area contributed by atoms with Gasteiger partial charge in [-0.1, -0.05) is 32.4 Å². The van der Waals surface area contributed by atoms with Crippen molar-refractivity contribution in [2.45, 2.75) is 52.6 Å². The smallest absolute Gasteiger partial charge is 0.184 e. The van der Waals surface area contributed by atoms with Gasteiger partial charge in [0.1, 0.15) is 0 Å². The molecule has 0 heterocycles. The van der Waals surface area contributed by atoms with Crippen molar-refractivity contribution in [3.8, 4) is 0 Å². The van der Waals surface area contributed by atoms with Gasteiger partial charge in [-0.2, -0.15) is 0 Å². The quantitative estimate of drug-likeness (QED) is 0.428. The topological polar surface area (TPSA) is 74.6 Å². The van der Waals surface area contributed by atoms with Crippen molar-refractivity contribution < 1.29 is 19.8 Å². The van der Waals surface area contributed by atoms with Crippen LogP contribution in [0.5, 0.6) is 0 Å². The Bertz CT molecular complexity index is 760. The molecule has 4 nitrogen and oxygen atoms in total. The van der Waals surface area contributed by atoms with Gasteiger partial charge >= 0.3 is 0 Å². The van der Waals surface area contributed by atoms with E-state index in [1.807, 2.05) is 6.08 Å². The van der Waals surface area contributed by atoms with Crippen LogP contribution in [0.4, 0.5) is 0 Å². The van der Waals surface area contributed by atoms with Crippen LogP contribution in [0.1, 0.15) is 46.5 Å². The summed E-state index contributed by atoms with van der Waals surface area (Å²) in [6, 6.07) is 0. The van der Waals surface area contributed by atoms with Crippen molar-refractivity contribution in [2.75, 3.05) is 0 Å². The Morgan fingerprint density at radius 1 is 1.35 bits per heavy atom. The minimum Gasteiger partial charge on any atom is -0.505 e. The number of ketones is 1. The van der Waals surface area contributed by atoms with Crippen LogP contribution in [0, 0.1) is 34.5 Å². The number of aliphatic hydroxyl groups excluding tert-OH is 2. The number of hydrogen-bond acceptors (Lipinski definition) is 4. The lowest BCUT2D eigenvalue weighted by Gasteiger charge is -2.59. The summed E-state index contributed by atoms with van der Waals surface area (Å²) in [5, 5.41) is 21.3. The summed E-state index contributed by atoms with van der Waals surface area (Å²) in [6.45, 7) is 6.45. The van der Waals surface area contributed by atoms with Gasteiger partial charge in [-0.15, -0.1) is 0 Å². The maximum Gasteiger partial charge on any atom is 0.184 e. The first-order chi connectivity index (χ1) is 12.2. The molecule has 0 aromatic rings. The van der Waals surface area contributed by atoms with Gasteiger partial charge in [0.05, 0.1) is 6.10 Å². The molecule has 4 rings (SSSR count). The molecule has 7 atom stereocenters. The Labute approximate surface area is 154 Å². The highest BCUT2D eigenvalue weighted by atomic mass is 16.3. The van der Waals surface area contributed by atoms with E-state index in [4.69, 9.17) is 0 Å². The molecule has 4 aliphatic carbocycles. The number of aldehydes is 1. The highest BCUT2D eigenvalue weighted by Gasteiger charge is 2.61. The van der Waals surface area contributed by atoms with Crippen molar-refractivity contribution >= 4 is 12.1 Å². The fourth-order valence-corrected chi connectivity index (χ4v) is 7.05. The molecular weight excluding hydrogens is 328 g/mol. The maximum absolute atomic E-state index is 11.9. The van der Waals surface area contributed by atoms with E-state index in [2.05, 4.69) is 20.8 Å². The molecule has 3 saturated carbocycles. The number of allylic oxidation sites excluding steroid dienone is 6. The van der Waals surface area contributed by atoms with E-state index in [0.29, 0.717) is 24.5 Å².